The Morgan fingerprint density at radius 1 is 1.10 bits per heavy atom. The maximum absolute atomic E-state index is 5.23. The summed E-state index contributed by atoms with van der Waals surface area (Å²) in [6.45, 7) is 6.93. The summed E-state index contributed by atoms with van der Waals surface area (Å²) in [5.74, 6) is 0.878. The van der Waals surface area contributed by atoms with Gasteiger partial charge in [0.25, 0.3) is 0 Å². The molecule has 0 spiro atoms. The van der Waals surface area contributed by atoms with Crippen molar-refractivity contribution in [1.82, 2.24) is 5.32 Å². The molecule has 0 fully saturated rings. The Hall–Kier alpha value is -2.06. The van der Waals surface area contributed by atoms with Crippen LogP contribution in [0.25, 0.3) is 0 Å². The topological polar surface area (TPSA) is 21.3 Å². The number of hydrogen-bond acceptors (Lipinski definition) is 2. The molecule has 2 aromatic rings. The van der Waals surface area contributed by atoms with Crippen LogP contribution in [0.5, 0.6) is 5.75 Å². The lowest BCUT2D eigenvalue weighted by molar-refractivity contribution is 0.366. The first-order valence-electron chi connectivity index (χ1n) is 7.22. The minimum absolute atomic E-state index is 0.135. The van der Waals surface area contributed by atoms with Gasteiger partial charge in [-0.1, -0.05) is 48.5 Å². The number of nitrogens with one attached hydrogen (secondary N) is 1. The Morgan fingerprint density at radius 3 is 2.33 bits per heavy atom. The molecule has 2 aromatic carbocycles. The third-order valence-electron chi connectivity index (χ3n) is 3.81. The van der Waals surface area contributed by atoms with Crippen molar-refractivity contribution in [2.75, 3.05) is 7.11 Å². The molecule has 0 aliphatic heterocycles. The molecule has 0 saturated carbocycles. The van der Waals surface area contributed by atoms with E-state index in [2.05, 4.69) is 55.2 Å². The summed E-state index contributed by atoms with van der Waals surface area (Å²) in [4.78, 5) is 0. The summed E-state index contributed by atoms with van der Waals surface area (Å²) in [5, 5.41) is 3.66. The second kappa shape index (κ2) is 7.09. The van der Waals surface area contributed by atoms with Crippen LogP contribution < -0.4 is 10.1 Å². The zero-order valence-electron chi connectivity index (χ0n) is 12.8. The van der Waals surface area contributed by atoms with Crippen molar-refractivity contribution < 1.29 is 4.74 Å². The molecule has 0 radical (unpaired) electrons. The van der Waals surface area contributed by atoms with Gasteiger partial charge in [0.05, 0.1) is 7.11 Å². The third kappa shape index (κ3) is 3.96. The molecule has 2 heteroatoms. The van der Waals surface area contributed by atoms with Gasteiger partial charge in [-0.15, -0.1) is 6.58 Å². The molecule has 1 unspecified atom stereocenters. The molecule has 1 N–H and O–H groups in total. The number of hydrogen-bond donors (Lipinski definition) is 1. The summed E-state index contributed by atoms with van der Waals surface area (Å²) in [7, 11) is 1.69. The highest BCUT2D eigenvalue weighted by atomic mass is 16.5. The molecule has 2 nitrogen and oxygen atoms in total. The molecular weight excluding hydrogens is 258 g/mol. The van der Waals surface area contributed by atoms with Crippen molar-refractivity contribution in [3.05, 3.63) is 78.4 Å². The van der Waals surface area contributed by atoms with Crippen molar-refractivity contribution in [1.29, 1.82) is 0 Å². The molecule has 110 valence electrons. The molecule has 0 aliphatic carbocycles. The van der Waals surface area contributed by atoms with E-state index in [1.54, 1.807) is 7.11 Å². The van der Waals surface area contributed by atoms with Crippen LogP contribution in [0.1, 0.15) is 24.5 Å². The van der Waals surface area contributed by atoms with Gasteiger partial charge in [-0.3, -0.25) is 0 Å². The van der Waals surface area contributed by atoms with Gasteiger partial charge in [0, 0.05) is 12.1 Å². The lowest BCUT2D eigenvalue weighted by atomic mass is 9.88. The fourth-order valence-electron chi connectivity index (χ4n) is 2.43. The predicted molar refractivity (Wildman–Crippen MR) is 88.4 cm³/mol. The molecule has 21 heavy (non-hydrogen) atoms. The summed E-state index contributed by atoms with van der Waals surface area (Å²) in [6, 6.07) is 18.7. The Kier molecular flexibility index (Phi) is 5.18. The predicted octanol–water partition coefficient (Wildman–Crippen LogP) is 4.28. The second-order valence-electron chi connectivity index (χ2n) is 5.39. The molecule has 1 atom stereocenters. The zero-order chi connectivity index (χ0) is 15.1. The molecule has 0 heterocycles. The monoisotopic (exact) mass is 281 g/mol. The van der Waals surface area contributed by atoms with Crippen molar-refractivity contribution >= 4 is 0 Å². The molecule has 2 rings (SSSR count). The Bertz CT molecular complexity index is 562. The molecule has 0 aromatic heterocycles. The van der Waals surface area contributed by atoms with Crippen LogP contribution in [0.2, 0.25) is 0 Å². The highest BCUT2D eigenvalue weighted by Crippen LogP contribution is 2.27. The van der Waals surface area contributed by atoms with Crippen molar-refractivity contribution in [3.63, 3.8) is 0 Å². The Labute approximate surface area is 127 Å². The largest absolute Gasteiger partial charge is 0.497 e. The van der Waals surface area contributed by atoms with Gasteiger partial charge in [-0.2, -0.15) is 0 Å². The SMILES string of the molecule is C=CCC(C)(NCc1ccccc1)c1ccc(OC)cc1. The summed E-state index contributed by atoms with van der Waals surface area (Å²) in [5.41, 5.74) is 2.38. The fraction of sp³-hybridized carbons (Fsp3) is 0.263. The first kappa shape index (κ1) is 15.3. The smallest absolute Gasteiger partial charge is 0.118 e. The van der Waals surface area contributed by atoms with Crippen LogP contribution in [-0.2, 0) is 12.1 Å². The number of ether oxygens (including phenoxy) is 1. The number of benzene rings is 2. The highest BCUT2D eigenvalue weighted by Gasteiger charge is 2.24. The van der Waals surface area contributed by atoms with Crippen LogP contribution in [-0.4, -0.2) is 7.11 Å². The summed E-state index contributed by atoms with van der Waals surface area (Å²) in [6.07, 6.45) is 2.83. The van der Waals surface area contributed by atoms with Crippen LogP contribution in [0.15, 0.2) is 67.3 Å². The van der Waals surface area contributed by atoms with Gasteiger partial charge in [0.2, 0.25) is 0 Å². The van der Waals surface area contributed by atoms with E-state index in [4.69, 9.17) is 4.74 Å². The average molecular weight is 281 g/mol. The normalized spacial score (nSPS) is 13.4. The van der Waals surface area contributed by atoms with E-state index in [9.17, 15) is 0 Å². The minimum Gasteiger partial charge on any atom is -0.497 e. The van der Waals surface area contributed by atoms with E-state index in [0.717, 1.165) is 18.7 Å². The van der Waals surface area contributed by atoms with Gasteiger partial charge in [-0.25, -0.2) is 0 Å². The maximum Gasteiger partial charge on any atom is 0.118 e. The molecule has 0 aliphatic rings. The van der Waals surface area contributed by atoms with E-state index in [1.807, 2.05) is 24.3 Å². The highest BCUT2D eigenvalue weighted by molar-refractivity contribution is 5.32. The Balaban J connectivity index is 2.16. The summed E-state index contributed by atoms with van der Waals surface area (Å²) >= 11 is 0. The van der Waals surface area contributed by atoms with E-state index in [-0.39, 0.29) is 5.54 Å². The number of methoxy groups -OCH3 is 1. The van der Waals surface area contributed by atoms with Crippen LogP contribution in [0.3, 0.4) is 0 Å². The van der Waals surface area contributed by atoms with Gasteiger partial charge >= 0.3 is 0 Å². The minimum atomic E-state index is -0.135. The van der Waals surface area contributed by atoms with Crippen molar-refractivity contribution in [2.45, 2.75) is 25.4 Å². The van der Waals surface area contributed by atoms with Crippen molar-refractivity contribution in [3.8, 4) is 5.75 Å². The first-order valence-corrected chi connectivity index (χ1v) is 7.22. The molecular formula is C19H23NO. The molecule has 0 saturated heterocycles. The van der Waals surface area contributed by atoms with E-state index in [0.29, 0.717) is 0 Å². The van der Waals surface area contributed by atoms with Crippen LogP contribution in [0, 0.1) is 0 Å². The van der Waals surface area contributed by atoms with E-state index >= 15 is 0 Å². The second-order valence-corrected chi connectivity index (χ2v) is 5.39. The number of rotatable bonds is 7. The lowest BCUT2D eigenvalue weighted by Gasteiger charge is -2.31. The van der Waals surface area contributed by atoms with Crippen LogP contribution in [0.4, 0.5) is 0 Å². The van der Waals surface area contributed by atoms with E-state index in [1.165, 1.54) is 11.1 Å². The Morgan fingerprint density at radius 2 is 1.76 bits per heavy atom. The average Bonchev–Trinajstić information content (AvgIpc) is 2.54. The lowest BCUT2D eigenvalue weighted by Crippen LogP contribution is -2.38. The zero-order valence-corrected chi connectivity index (χ0v) is 12.8. The first-order chi connectivity index (χ1) is 10.2. The van der Waals surface area contributed by atoms with Gasteiger partial charge < -0.3 is 10.1 Å². The molecule has 0 bridgehead atoms. The van der Waals surface area contributed by atoms with Gasteiger partial charge in [-0.05, 0) is 36.6 Å². The van der Waals surface area contributed by atoms with Gasteiger partial charge in [0.1, 0.15) is 5.75 Å². The maximum atomic E-state index is 5.23. The third-order valence-corrected chi connectivity index (χ3v) is 3.81. The quantitative estimate of drug-likeness (QED) is 0.765. The standard InChI is InChI=1S/C19H23NO/c1-4-14-19(2,17-10-12-18(21-3)13-11-17)20-15-16-8-6-5-7-9-16/h4-13,20H,1,14-15H2,2-3H3. The van der Waals surface area contributed by atoms with Crippen LogP contribution >= 0.6 is 0 Å². The van der Waals surface area contributed by atoms with Crippen molar-refractivity contribution in [2.24, 2.45) is 0 Å². The summed E-state index contributed by atoms with van der Waals surface area (Å²) < 4.78 is 5.23. The van der Waals surface area contributed by atoms with Gasteiger partial charge in [0.15, 0.2) is 0 Å². The molecule has 0 amide bonds. The fourth-order valence-corrected chi connectivity index (χ4v) is 2.43. The van der Waals surface area contributed by atoms with E-state index < -0.39 is 0 Å².